The molecule has 16 heavy (non-hydrogen) atoms. The normalized spacial score (nSPS) is 20.8. The summed E-state index contributed by atoms with van der Waals surface area (Å²) in [5.74, 6) is -0.897. The van der Waals surface area contributed by atoms with Crippen molar-refractivity contribution in [2.24, 2.45) is 0 Å². The van der Waals surface area contributed by atoms with Crippen molar-refractivity contribution in [2.45, 2.75) is 19.4 Å². The lowest BCUT2D eigenvalue weighted by molar-refractivity contribution is -0.147. The Bertz CT molecular complexity index is 257. The molecule has 0 bridgehead atoms. The molecule has 1 aliphatic rings. The highest BCUT2D eigenvalue weighted by molar-refractivity contribution is 5.78. The van der Waals surface area contributed by atoms with Gasteiger partial charge >= 0.3 is 5.97 Å². The molecule has 0 aromatic rings. The Hall–Kier alpha value is -1.14. The molecule has 1 amide bonds. The van der Waals surface area contributed by atoms with E-state index in [2.05, 4.69) is 5.32 Å². The van der Waals surface area contributed by atoms with Crippen LogP contribution < -0.4 is 5.32 Å². The van der Waals surface area contributed by atoms with Gasteiger partial charge in [0.15, 0.2) is 0 Å². The first kappa shape index (κ1) is 12.9. The van der Waals surface area contributed by atoms with Crippen molar-refractivity contribution < 1.29 is 19.4 Å². The number of carbonyl (C=O) groups is 2. The lowest BCUT2D eigenvalue weighted by Gasteiger charge is -2.32. The minimum Gasteiger partial charge on any atom is -0.481 e. The maximum Gasteiger partial charge on any atom is 0.306 e. The van der Waals surface area contributed by atoms with Gasteiger partial charge in [0.2, 0.25) is 5.91 Å². The highest BCUT2D eigenvalue weighted by atomic mass is 16.5. The van der Waals surface area contributed by atoms with Gasteiger partial charge in [-0.15, -0.1) is 0 Å². The van der Waals surface area contributed by atoms with Gasteiger partial charge < -0.3 is 20.1 Å². The van der Waals surface area contributed by atoms with E-state index < -0.39 is 5.97 Å². The number of hydrogen-bond acceptors (Lipinski definition) is 4. The van der Waals surface area contributed by atoms with E-state index in [9.17, 15) is 9.59 Å². The second-order valence-corrected chi connectivity index (χ2v) is 3.71. The number of morpholine rings is 1. The van der Waals surface area contributed by atoms with Gasteiger partial charge in [-0.3, -0.25) is 9.59 Å². The molecule has 1 fully saturated rings. The van der Waals surface area contributed by atoms with Crippen LogP contribution in [-0.4, -0.2) is 60.8 Å². The summed E-state index contributed by atoms with van der Waals surface area (Å²) in [5, 5.41) is 11.6. The van der Waals surface area contributed by atoms with E-state index >= 15 is 0 Å². The van der Waals surface area contributed by atoms with E-state index in [0.717, 1.165) is 6.54 Å². The number of carbonyl (C=O) groups excluding carboxylic acids is 1. The Balaban J connectivity index is 2.37. The van der Waals surface area contributed by atoms with Crippen LogP contribution in [0.4, 0.5) is 0 Å². The van der Waals surface area contributed by atoms with Crippen molar-refractivity contribution in [3.05, 3.63) is 0 Å². The van der Waals surface area contributed by atoms with Gasteiger partial charge in [0.05, 0.1) is 25.7 Å². The van der Waals surface area contributed by atoms with E-state index in [1.807, 2.05) is 6.92 Å². The van der Waals surface area contributed by atoms with Gasteiger partial charge in [-0.05, 0) is 6.54 Å². The average Bonchev–Trinajstić information content (AvgIpc) is 2.25. The number of rotatable bonds is 5. The third-order valence-corrected chi connectivity index (χ3v) is 2.42. The van der Waals surface area contributed by atoms with Crippen LogP contribution in [0.3, 0.4) is 0 Å². The molecule has 1 atom stereocenters. The molecule has 6 heteroatoms. The van der Waals surface area contributed by atoms with Gasteiger partial charge in [0.1, 0.15) is 0 Å². The molecule has 0 aliphatic carbocycles. The Morgan fingerprint density at radius 3 is 2.94 bits per heavy atom. The Kier molecular flexibility index (Phi) is 5.21. The topological polar surface area (TPSA) is 78.9 Å². The number of nitrogens with one attached hydrogen (secondary N) is 1. The number of nitrogens with zero attached hydrogens (tertiary/aromatic N) is 1. The van der Waals surface area contributed by atoms with Gasteiger partial charge in [-0.25, -0.2) is 0 Å². The number of aliphatic carboxylic acids is 1. The lowest BCUT2D eigenvalue weighted by atomic mass is 10.2. The zero-order valence-electron chi connectivity index (χ0n) is 9.44. The van der Waals surface area contributed by atoms with Crippen LogP contribution in [0.25, 0.3) is 0 Å². The zero-order chi connectivity index (χ0) is 12.0. The number of carboxylic acids is 1. The summed E-state index contributed by atoms with van der Waals surface area (Å²) in [4.78, 5) is 23.8. The van der Waals surface area contributed by atoms with Crippen molar-refractivity contribution in [1.82, 2.24) is 10.2 Å². The first-order chi connectivity index (χ1) is 7.63. The molecule has 0 radical (unpaired) electrons. The van der Waals surface area contributed by atoms with Crippen molar-refractivity contribution in [3.8, 4) is 0 Å². The van der Waals surface area contributed by atoms with Crippen molar-refractivity contribution >= 4 is 11.9 Å². The number of amides is 1. The van der Waals surface area contributed by atoms with E-state index in [4.69, 9.17) is 9.84 Å². The standard InChI is InChI=1S/C10H18N2O4/c1-2-11-6-9(13)12-3-4-16-8(7-12)5-10(14)15/h8,11H,2-7H2,1H3,(H,14,15). The Morgan fingerprint density at radius 2 is 2.31 bits per heavy atom. The van der Waals surface area contributed by atoms with Crippen LogP contribution in [0.15, 0.2) is 0 Å². The minimum atomic E-state index is -0.897. The molecule has 1 heterocycles. The highest BCUT2D eigenvalue weighted by Gasteiger charge is 2.25. The molecule has 1 rings (SSSR count). The SMILES string of the molecule is CCNCC(=O)N1CCOC(CC(=O)O)C1. The lowest BCUT2D eigenvalue weighted by Crippen LogP contribution is -2.48. The van der Waals surface area contributed by atoms with E-state index in [0.29, 0.717) is 26.2 Å². The van der Waals surface area contributed by atoms with E-state index in [1.54, 1.807) is 4.90 Å². The van der Waals surface area contributed by atoms with Gasteiger partial charge in [-0.2, -0.15) is 0 Å². The predicted molar refractivity (Wildman–Crippen MR) is 57.1 cm³/mol. The Morgan fingerprint density at radius 1 is 1.56 bits per heavy atom. The second kappa shape index (κ2) is 6.44. The van der Waals surface area contributed by atoms with Crippen LogP contribution in [0, 0.1) is 0 Å². The van der Waals surface area contributed by atoms with E-state index in [-0.39, 0.29) is 18.4 Å². The molecule has 1 unspecified atom stereocenters. The molecule has 0 saturated carbocycles. The first-order valence-corrected chi connectivity index (χ1v) is 5.45. The average molecular weight is 230 g/mol. The summed E-state index contributed by atoms with van der Waals surface area (Å²) in [6.07, 6.45) is -0.429. The second-order valence-electron chi connectivity index (χ2n) is 3.71. The number of ether oxygens (including phenoxy) is 1. The highest BCUT2D eigenvalue weighted by Crippen LogP contribution is 2.08. The summed E-state index contributed by atoms with van der Waals surface area (Å²) in [7, 11) is 0. The number of carboxylic acid groups (broad SMARTS) is 1. The molecule has 1 aliphatic heterocycles. The van der Waals surface area contributed by atoms with Crippen LogP contribution in [0.5, 0.6) is 0 Å². The maximum absolute atomic E-state index is 11.6. The third-order valence-electron chi connectivity index (χ3n) is 2.42. The predicted octanol–water partition coefficient (Wildman–Crippen LogP) is -0.702. The Labute approximate surface area is 94.6 Å². The smallest absolute Gasteiger partial charge is 0.306 e. The molecule has 0 aromatic heterocycles. The fourth-order valence-electron chi connectivity index (χ4n) is 1.61. The van der Waals surface area contributed by atoms with Crippen LogP contribution in [0.1, 0.15) is 13.3 Å². The minimum absolute atomic E-state index is 0.000499. The molecule has 92 valence electrons. The molecule has 2 N–H and O–H groups in total. The third kappa shape index (κ3) is 4.16. The summed E-state index contributed by atoms with van der Waals surface area (Å²) in [5.41, 5.74) is 0. The summed E-state index contributed by atoms with van der Waals surface area (Å²) in [6.45, 7) is 4.30. The van der Waals surface area contributed by atoms with Crippen LogP contribution >= 0.6 is 0 Å². The molecular formula is C10H18N2O4. The number of hydrogen-bond donors (Lipinski definition) is 2. The van der Waals surface area contributed by atoms with E-state index in [1.165, 1.54) is 0 Å². The van der Waals surface area contributed by atoms with Crippen molar-refractivity contribution in [2.75, 3.05) is 32.8 Å². The van der Waals surface area contributed by atoms with Gasteiger partial charge in [0, 0.05) is 13.1 Å². The fourth-order valence-corrected chi connectivity index (χ4v) is 1.61. The monoisotopic (exact) mass is 230 g/mol. The summed E-state index contributed by atoms with van der Waals surface area (Å²) < 4.78 is 5.28. The zero-order valence-corrected chi connectivity index (χ0v) is 9.44. The van der Waals surface area contributed by atoms with Gasteiger partial charge in [-0.1, -0.05) is 6.92 Å². The molecular weight excluding hydrogens is 212 g/mol. The fraction of sp³-hybridized carbons (Fsp3) is 0.800. The van der Waals surface area contributed by atoms with Crippen molar-refractivity contribution in [1.29, 1.82) is 0 Å². The maximum atomic E-state index is 11.6. The van der Waals surface area contributed by atoms with Gasteiger partial charge in [0.25, 0.3) is 0 Å². The van der Waals surface area contributed by atoms with Crippen LogP contribution in [-0.2, 0) is 14.3 Å². The molecule has 0 spiro atoms. The molecule has 0 aromatic carbocycles. The molecule has 1 saturated heterocycles. The molecule has 6 nitrogen and oxygen atoms in total. The first-order valence-electron chi connectivity index (χ1n) is 5.45. The number of likely N-dealkylation sites (N-methyl/N-ethyl adjacent to an activating group) is 1. The summed E-state index contributed by atoms with van der Waals surface area (Å²) in [6, 6.07) is 0. The quantitative estimate of drug-likeness (QED) is 0.653. The van der Waals surface area contributed by atoms with Crippen molar-refractivity contribution in [3.63, 3.8) is 0 Å². The summed E-state index contributed by atoms with van der Waals surface area (Å²) >= 11 is 0. The van der Waals surface area contributed by atoms with Crippen LogP contribution in [0.2, 0.25) is 0 Å². The largest absolute Gasteiger partial charge is 0.481 e.